The fourth-order valence-electron chi connectivity index (χ4n) is 4.30. The molecule has 0 radical (unpaired) electrons. The molecule has 4 rings (SSSR count). The van der Waals surface area contributed by atoms with Crippen molar-refractivity contribution in [1.82, 2.24) is 14.8 Å². The molecule has 2 heterocycles. The zero-order valence-electron chi connectivity index (χ0n) is 20.1. The molecule has 2 amide bonds. The normalized spacial score (nSPS) is 14.1. The molecule has 1 N–H and O–H groups in total. The van der Waals surface area contributed by atoms with Crippen LogP contribution in [0.15, 0.2) is 54.7 Å². The first-order valence-electron chi connectivity index (χ1n) is 11.7. The Labute approximate surface area is 204 Å². The van der Waals surface area contributed by atoms with Crippen LogP contribution in [0.3, 0.4) is 0 Å². The van der Waals surface area contributed by atoms with Crippen LogP contribution in [0.1, 0.15) is 16.7 Å². The Balaban J connectivity index is 1.20. The van der Waals surface area contributed by atoms with Crippen molar-refractivity contribution in [3.8, 4) is 0 Å². The molecule has 1 aromatic heterocycles. The number of amides is 2. The Morgan fingerprint density at radius 3 is 2.37 bits per heavy atom. The molecule has 0 atom stereocenters. The molecule has 1 aliphatic rings. The number of benzene rings is 2. The minimum Gasteiger partial charge on any atom is -0.455 e. The average Bonchev–Trinajstić information content (AvgIpc) is 2.85. The van der Waals surface area contributed by atoms with Crippen molar-refractivity contribution in [3.05, 3.63) is 71.4 Å². The van der Waals surface area contributed by atoms with Gasteiger partial charge in [-0.25, -0.2) is 0 Å². The van der Waals surface area contributed by atoms with E-state index < -0.39 is 5.97 Å². The lowest BCUT2D eigenvalue weighted by Crippen LogP contribution is -2.51. The maximum atomic E-state index is 12.6. The third kappa shape index (κ3) is 6.22. The molecule has 0 aliphatic carbocycles. The monoisotopic (exact) mass is 474 g/mol. The summed E-state index contributed by atoms with van der Waals surface area (Å²) in [6.45, 7) is 6.06. The van der Waals surface area contributed by atoms with Crippen molar-refractivity contribution in [1.29, 1.82) is 0 Å². The second-order valence-corrected chi connectivity index (χ2v) is 8.80. The zero-order valence-corrected chi connectivity index (χ0v) is 20.1. The number of aryl methyl sites for hydroxylation is 2. The lowest BCUT2D eigenvalue weighted by molar-refractivity contribution is -0.152. The minimum absolute atomic E-state index is 0.0604. The maximum Gasteiger partial charge on any atom is 0.310 e. The van der Waals surface area contributed by atoms with Gasteiger partial charge >= 0.3 is 5.97 Å². The smallest absolute Gasteiger partial charge is 0.310 e. The van der Waals surface area contributed by atoms with Gasteiger partial charge in [0.15, 0.2) is 6.61 Å². The van der Waals surface area contributed by atoms with E-state index in [0.717, 1.165) is 33.3 Å². The molecule has 3 aromatic rings. The fraction of sp³-hybridized carbons (Fsp3) is 0.333. The topological polar surface area (TPSA) is 91.8 Å². The van der Waals surface area contributed by atoms with Gasteiger partial charge in [0.2, 0.25) is 5.91 Å². The number of anilines is 1. The van der Waals surface area contributed by atoms with Crippen LogP contribution in [0.4, 0.5) is 5.69 Å². The summed E-state index contributed by atoms with van der Waals surface area (Å²) in [7, 11) is 0. The Bertz CT molecular complexity index is 1210. The highest BCUT2D eigenvalue weighted by Gasteiger charge is 2.23. The van der Waals surface area contributed by atoms with Crippen LogP contribution in [-0.2, 0) is 25.5 Å². The molecule has 8 heteroatoms. The Kier molecular flexibility index (Phi) is 7.72. The van der Waals surface area contributed by atoms with E-state index in [1.54, 1.807) is 11.1 Å². The Morgan fingerprint density at radius 1 is 0.943 bits per heavy atom. The molecular weight excluding hydrogens is 444 g/mol. The van der Waals surface area contributed by atoms with E-state index in [0.29, 0.717) is 26.2 Å². The highest BCUT2D eigenvalue weighted by Crippen LogP contribution is 2.19. The predicted octanol–water partition coefficient (Wildman–Crippen LogP) is 2.72. The van der Waals surface area contributed by atoms with Crippen molar-refractivity contribution in [2.75, 3.05) is 44.6 Å². The van der Waals surface area contributed by atoms with Gasteiger partial charge in [0.05, 0.1) is 18.5 Å². The van der Waals surface area contributed by atoms with E-state index in [4.69, 9.17) is 4.74 Å². The third-order valence-electron chi connectivity index (χ3n) is 6.25. The number of rotatable bonds is 7. The van der Waals surface area contributed by atoms with Gasteiger partial charge < -0.3 is 15.0 Å². The number of carbonyl (C=O) groups excluding carboxylic acids is 3. The van der Waals surface area contributed by atoms with Gasteiger partial charge in [-0.2, -0.15) is 0 Å². The highest BCUT2D eigenvalue weighted by atomic mass is 16.5. The molecule has 1 fully saturated rings. The van der Waals surface area contributed by atoms with Crippen molar-refractivity contribution in [2.24, 2.45) is 0 Å². The first kappa shape index (κ1) is 24.3. The minimum atomic E-state index is -0.460. The van der Waals surface area contributed by atoms with Gasteiger partial charge in [-0.1, -0.05) is 42.5 Å². The molecule has 8 nitrogen and oxygen atoms in total. The number of carbonyl (C=O) groups is 3. The lowest BCUT2D eigenvalue weighted by atomic mass is 10.1. The van der Waals surface area contributed by atoms with Gasteiger partial charge in [0.25, 0.3) is 5.91 Å². The summed E-state index contributed by atoms with van der Waals surface area (Å²) in [6.07, 6.45) is 1.75. The molecule has 0 spiro atoms. The second-order valence-electron chi connectivity index (χ2n) is 8.80. The van der Waals surface area contributed by atoms with Gasteiger partial charge in [-0.05, 0) is 36.6 Å². The molecule has 0 unspecified atom stereocenters. The van der Waals surface area contributed by atoms with Crippen LogP contribution in [0.5, 0.6) is 0 Å². The van der Waals surface area contributed by atoms with Crippen LogP contribution in [0.2, 0.25) is 0 Å². The second kappa shape index (κ2) is 11.1. The standard InChI is InChI=1S/C27H30N4O4/c1-19-6-3-7-20(2)26(19)29-23(32)17-30-12-14-31(15-13-30)24(33)18-35-25(34)16-22-9-4-8-21-10-5-11-28-27(21)22/h3-11H,12-18H2,1-2H3,(H,29,32). The first-order chi connectivity index (χ1) is 16.9. The number of fused-ring (bicyclic) bond motifs is 1. The highest BCUT2D eigenvalue weighted by molar-refractivity contribution is 5.93. The summed E-state index contributed by atoms with van der Waals surface area (Å²) >= 11 is 0. The summed E-state index contributed by atoms with van der Waals surface area (Å²) in [5.41, 5.74) is 4.44. The molecule has 1 aliphatic heterocycles. The quantitative estimate of drug-likeness (QED) is 0.530. The summed E-state index contributed by atoms with van der Waals surface area (Å²) in [5, 5.41) is 3.95. The number of piperazine rings is 1. The molecule has 2 aromatic carbocycles. The number of esters is 1. The fourth-order valence-corrected chi connectivity index (χ4v) is 4.30. The van der Waals surface area contributed by atoms with E-state index in [1.807, 2.05) is 67.3 Å². The number of nitrogens with one attached hydrogen (secondary N) is 1. The predicted molar refractivity (Wildman–Crippen MR) is 134 cm³/mol. The number of ether oxygens (including phenoxy) is 1. The van der Waals surface area contributed by atoms with Crippen LogP contribution >= 0.6 is 0 Å². The number of para-hydroxylation sites is 2. The van der Waals surface area contributed by atoms with Gasteiger partial charge in [0, 0.05) is 43.4 Å². The summed E-state index contributed by atoms with van der Waals surface area (Å²) in [4.78, 5) is 45.4. The van der Waals surface area contributed by atoms with E-state index >= 15 is 0 Å². The number of aromatic nitrogens is 1. The number of hydrogen-bond acceptors (Lipinski definition) is 6. The Hall–Kier alpha value is -3.78. The van der Waals surface area contributed by atoms with E-state index in [1.165, 1.54) is 0 Å². The largest absolute Gasteiger partial charge is 0.455 e. The number of nitrogens with zero attached hydrogens (tertiary/aromatic N) is 3. The summed E-state index contributed by atoms with van der Waals surface area (Å²) in [6, 6.07) is 15.3. The molecular formula is C27H30N4O4. The van der Waals surface area contributed by atoms with Crippen molar-refractivity contribution >= 4 is 34.4 Å². The van der Waals surface area contributed by atoms with Crippen LogP contribution in [0.25, 0.3) is 10.9 Å². The average molecular weight is 475 g/mol. The van der Waals surface area contributed by atoms with Gasteiger partial charge in [-0.15, -0.1) is 0 Å². The van der Waals surface area contributed by atoms with Crippen molar-refractivity contribution in [3.63, 3.8) is 0 Å². The summed E-state index contributed by atoms with van der Waals surface area (Å²) < 4.78 is 5.25. The van der Waals surface area contributed by atoms with Crippen LogP contribution < -0.4 is 5.32 Å². The lowest BCUT2D eigenvalue weighted by Gasteiger charge is -2.34. The van der Waals surface area contributed by atoms with Gasteiger partial charge in [-0.3, -0.25) is 24.3 Å². The third-order valence-corrected chi connectivity index (χ3v) is 6.25. The van der Waals surface area contributed by atoms with E-state index in [-0.39, 0.29) is 31.4 Å². The molecule has 0 bridgehead atoms. The molecule has 1 saturated heterocycles. The SMILES string of the molecule is Cc1cccc(C)c1NC(=O)CN1CCN(C(=O)COC(=O)Cc2cccc3cccnc23)CC1. The number of pyridine rings is 1. The zero-order chi connectivity index (χ0) is 24.8. The van der Waals surface area contributed by atoms with Crippen molar-refractivity contribution < 1.29 is 19.1 Å². The molecule has 182 valence electrons. The van der Waals surface area contributed by atoms with E-state index in [9.17, 15) is 14.4 Å². The first-order valence-corrected chi connectivity index (χ1v) is 11.7. The summed E-state index contributed by atoms with van der Waals surface area (Å²) in [5.74, 6) is -0.758. The molecule has 35 heavy (non-hydrogen) atoms. The van der Waals surface area contributed by atoms with Crippen LogP contribution in [0, 0.1) is 13.8 Å². The van der Waals surface area contributed by atoms with Gasteiger partial charge in [0.1, 0.15) is 0 Å². The van der Waals surface area contributed by atoms with Crippen molar-refractivity contribution in [2.45, 2.75) is 20.3 Å². The molecule has 0 saturated carbocycles. The Morgan fingerprint density at radius 2 is 1.63 bits per heavy atom. The van der Waals surface area contributed by atoms with E-state index in [2.05, 4.69) is 10.3 Å². The number of hydrogen-bond donors (Lipinski definition) is 1. The maximum absolute atomic E-state index is 12.6. The van der Waals surface area contributed by atoms with Crippen LogP contribution in [-0.4, -0.2) is 71.9 Å².